The molecule has 0 spiro atoms. The highest BCUT2D eigenvalue weighted by atomic mass is 32.2. The van der Waals surface area contributed by atoms with Crippen LogP contribution in [0, 0.1) is 0 Å². The SMILES string of the molecule is CC(=O)c1ccc(SCc2cccs2)cc1. The molecule has 0 saturated carbocycles. The second-order valence-corrected chi connectivity index (χ2v) is 5.53. The van der Waals surface area contributed by atoms with Gasteiger partial charge in [-0.1, -0.05) is 18.2 Å². The highest BCUT2D eigenvalue weighted by Crippen LogP contribution is 2.25. The van der Waals surface area contributed by atoms with Crippen molar-refractivity contribution in [2.45, 2.75) is 17.6 Å². The molecule has 0 saturated heterocycles. The van der Waals surface area contributed by atoms with Crippen molar-refractivity contribution in [3.63, 3.8) is 0 Å². The number of Topliss-reactive ketones (excluding diaryl/α,β-unsaturated/α-hetero) is 1. The summed E-state index contributed by atoms with van der Waals surface area (Å²) >= 11 is 3.57. The molecule has 0 aliphatic rings. The topological polar surface area (TPSA) is 17.1 Å². The third kappa shape index (κ3) is 2.97. The first-order valence-electron chi connectivity index (χ1n) is 5.02. The highest BCUT2D eigenvalue weighted by Gasteiger charge is 2.00. The van der Waals surface area contributed by atoms with E-state index in [1.54, 1.807) is 30.0 Å². The van der Waals surface area contributed by atoms with Gasteiger partial charge in [-0.15, -0.1) is 23.1 Å². The summed E-state index contributed by atoms with van der Waals surface area (Å²) in [5.41, 5.74) is 0.778. The normalized spacial score (nSPS) is 10.3. The smallest absolute Gasteiger partial charge is 0.159 e. The van der Waals surface area contributed by atoms with Crippen LogP contribution < -0.4 is 0 Å². The molecule has 0 unspecified atom stereocenters. The molecule has 2 rings (SSSR count). The molecule has 0 aliphatic carbocycles. The van der Waals surface area contributed by atoms with Crippen LogP contribution >= 0.6 is 23.1 Å². The molecule has 0 amide bonds. The van der Waals surface area contributed by atoms with Gasteiger partial charge in [0, 0.05) is 21.1 Å². The van der Waals surface area contributed by atoms with E-state index in [-0.39, 0.29) is 5.78 Å². The maximum absolute atomic E-state index is 11.1. The number of benzene rings is 1. The Balaban J connectivity index is 1.98. The minimum atomic E-state index is 0.120. The van der Waals surface area contributed by atoms with Crippen LogP contribution in [-0.4, -0.2) is 5.78 Å². The zero-order chi connectivity index (χ0) is 11.4. The third-order valence-corrected chi connectivity index (χ3v) is 4.34. The summed E-state index contributed by atoms with van der Waals surface area (Å²) in [6.07, 6.45) is 0. The maximum Gasteiger partial charge on any atom is 0.159 e. The molecule has 1 nitrogen and oxygen atoms in total. The first kappa shape index (κ1) is 11.4. The predicted octanol–water partition coefficient (Wildman–Crippen LogP) is 4.24. The van der Waals surface area contributed by atoms with E-state index in [2.05, 4.69) is 17.5 Å². The average Bonchev–Trinajstić information content (AvgIpc) is 2.80. The first-order valence-corrected chi connectivity index (χ1v) is 6.88. The van der Waals surface area contributed by atoms with E-state index in [1.165, 1.54) is 9.77 Å². The van der Waals surface area contributed by atoms with E-state index < -0.39 is 0 Å². The van der Waals surface area contributed by atoms with Gasteiger partial charge in [-0.3, -0.25) is 4.79 Å². The minimum Gasteiger partial charge on any atom is -0.295 e. The van der Waals surface area contributed by atoms with Crippen molar-refractivity contribution in [3.8, 4) is 0 Å². The van der Waals surface area contributed by atoms with Gasteiger partial charge < -0.3 is 0 Å². The third-order valence-electron chi connectivity index (χ3n) is 2.22. The van der Waals surface area contributed by atoms with Gasteiger partial charge in [0.05, 0.1) is 0 Å². The fraction of sp³-hybridized carbons (Fsp3) is 0.154. The van der Waals surface area contributed by atoms with E-state index in [1.807, 2.05) is 24.3 Å². The molecule has 82 valence electrons. The Morgan fingerprint density at radius 1 is 1.25 bits per heavy atom. The molecule has 0 aliphatic heterocycles. The lowest BCUT2D eigenvalue weighted by molar-refractivity contribution is 0.101. The van der Waals surface area contributed by atoms with Gasteiger partial charge in [0.25, 0.3) is 0 Å². The Hall–Kier alpha value is -1.06. The Bertz CT molecular complexity index is 457. The number of carbonyl (C=O) groups excluding carboxylic acids is 1. The van der Waals surface area contributed by atoms with Crippen LogP contribution in [0.15, 0.2) is 46.7 Å². The number of carbonyl (C=O) groups is 1. The molecule has 0 N–H and O–H groups in total. The Morgan fingerprint density at radius 3 is 2.56 bits per heavy atom. The van der Waals surface area contributed by atoms with Crippen LogP contribution in [0.5, 0.6) is 0 Å². The number of hydrogen-bond donors (Lipinski definition) is 0. The molecule has 2 aromatic rings. The monoisotopic (exact) mass is 248 g/mol. The fourth-order valence-electron chi connectivity index (χ4n) is 1.34. The van der Waals surface area contributed by atoms with Crippen molar-refractivity contribution < 1.29 is 4.79 Å². The second-order valence-electron chi connectivity index (χ2n) is 3.45. The van der Waals surface area contributed by atoms with E-state index in [0.29, 0.717) is 0 Å². The fourth-order valence-corrected chi connectivity index (χ4v) is 3.01. The number of rotatable bonds is 4. The van der Waals surface area contributed by atoms with Crippen LogP contribution in [-0.2, 0) is 5.75 Å². The zero-order valence-corrected chi connectivity index (χ0v) is 10.6. The molecule has 1 aromatic carbocycles. The summed E-state index contributed by atoms with van der Waals surface area (Å²) < 4.78 is 0. The van der Waals surface area contributed by atoms with Crippen molar-refractivity contribution in [2.24, 2.45) is 0 Å². The molecular weight excluding hydrogens is 236 g/mol. The van der Waals surface area contributed by atoms with Gasteiger partial charge in [-0.25, -0.2) is 0 Å². The first-order chi connectivity index (χ1) is 7.75. The standard InChI is InChI=1S/C13H12OS2/c1-10(14)11-4-6-12(7-5-11)16-9-13-3-2-8-15-13/h2-8H,9H2,1H3. The van der Waals surface area contributed by atoms with Crippen molar-refractivity contribution in [3.05, 3.63) is 52.2 Å². The largest absolute Gasteiger partial charge is 0.295 e. The molecule has 0 fully saturated rings. The number of ketones is 1. The van der Waals surface area contributed by atoms with Gasteiger partial charge in [0.2, 0.25) is 0 Å². The van der Waals surface area contributed by atoms with Crippen LogP contribution in [0.4, 0.5) is 0 Å². The molecular formula is C13H12OS2. The Morgan fingerprint density at radius 2 is 2.00 bits per heavy atom. The van der Waals surface area contributed by atoms with Crippen molar-refractivity contribution >= 4 is 28.9 Å². The molecule has 1 heterocycles. The second kappa shape index (κ2) is 5.32. The summed E-state index contributed by atoms with van der Waals surface area (Å²) in [6, 6.07) is 12.0. The summed E-state index contributed by atoms with van der Waals surface area (Å²) in [7, 11) is 0. The van der Waals surface area contributed by atoms with Crippen LogP contribution in [0.25, 0.3) is 0 Å². The van der Waals surface area contributed by atoms with Crippen LogP contribution in [0.3, 0.4) is 0 Å². The molecule has 0 radical (unpaired) electrons. The number of thiophene rings is 1. The van der Waals surface area contributed by atoms with Gasteiger partial charge in [0.15, 0.2) is 5.78 Å². The van der Waals surface area contributed by atoms with E-state index in [0.717, 1.165) is 11.3 Å². The lowest BCUT2D eigenvalue weighted by atomic mass is 10.2. The van der Waals surface area contributed by atoms with Crippen LogP contribution in [0.2, 0.25) is 0 Å². The lowest BCUT2D eigenvalue weighted by Gasteiger charge is -2.00. The summed E-state index contributed by atoms with van der Waals surface area (Å²) in [5.74, 6) is 1.12. The molecule has 1 aromatic heterocycles. The van der Waals surface area contributed by atoms with Gasteiger partial charge in [0.1, 0.15) is 0 Å². The van der Waals surface area contributed by atoms with Crippen molar-refractivity contribution in [1.82, 2.24) is 0 Å². The molecule has 3 heteroatoms. The van der Waals surface area contributed by atoms with E-state index in [9.17, 15) is 4.79 Å². The Kier molecular flexibility index (Phi) is 3.80. The minimum absolute atomic E-state index is 0.120. The molecule has 16 heavy (non-hydrogen) atoms. The van der Waals surface area contributed by atoms with Crippen molar-refractivity contribution in [1.29, 1.82) is 0 Å². The van der Waals surface area contributed by atoms with Gasteiger partial charge >= 0.3 is 0 Å². The lowest BCUT2D eigenvalue weighted by Crippen LogP contribution is -1.90. The summed E-state index contributed by atoms with van der Waals surface area (Å²) in [5, 5.41) is 2.09. The quantitative estimate of drug-likeness (QED) is 0.594. The number of thioether (sulfide) groups is 1. The summed E-state index contributed by atoms with van der Waals surface area (Å²) in [6.45, 7) is 1.59. The van der Waals surface area contributed by atoms with E-state index >= 15 is 0 Å². The van der Waals surface area contributed by atoms with E-state index in [4.69, 9.17) is 0 Å². The summed E-state index contributed by atoms with van der Waals surface area (Å²) in [4.78, 5) is 13.7. The highest BCUT2D eigenvalue weighted by molar-refractivity contribution is 7.98. The van der Waals surface area contributed by atoms with Crippen molar-refractivity contribution in [2.75, 3.05) is 0 Å². The van der Waals surface area contributed by atoms with Crippen LogP contribution in [0.1, 0.15) is 22.2 Å². The average molecular weight is 248 g/mol. The number of hydrogen-bond acceptors (Lipinski definition) is 3. The Labute approximate surface area is 104 Å². The van der Waals surface area contributed by atoms with Gasteiger partial charge in [-0.2, -0.15) is 0 Å². The maximum atomic E-state index is 11.1. The predicted molar refractivity (Wildman–Crippen MR) is 70.3 cm³/mol. The molecule has 0 atom stereocenters. The zero-order valence-electron chi connectivity index (χ0n) is 8.97. The van der Waals surface area contributed by atoms with Gasteiger partial charge in [-0.05, 0) is 30.5 Å². The molecule has 0 bridgehead atoms.